The quantitative estimate of drug-likeness (QED) is 0.371. The number of hydrogen-bond acceptors (Lipinski definition) is 3. The van der Waals surface area contributed by atoms with Gasteiger partial charge in [0.2, 0.25) is 5.91 Å². The minimum absolute atomic E-state index is 0. The van der Waals surface area contributed by atoms with Crippen LogP contribution in [0, 0.1) is 0 Å². The van der Waals surface area contributed by atoms with Crippen LogP contribution in [0.25, 0.3) is 0 Å². The number of carbonyl (C=O) groups is 1. The van der Waals surface area contributed by atoms with E-state index in [-0.39, 0.29) is 36.4 Å². The number of nitrogens with one attached hydrogen (secondary N) is 1. The number of hydrogen-bond donors (Lipinski definition) is 1. The summed E-state index contributed by atoms with van der Waals surface area (Å²) in [5.74, 6) is 1.33. The number of amides is 1. The molecule has 0 saturated carbocycles. The van der Waals surface area contributed by atoms with Crippen molar-refractivity contribution in [1.82, 2.24) is 24.9 Å². The fraction of sp³-hybridized carbons (Fsp3) is 0.522. The lowest BCUT2D eigenvalue weighted by atomic mass is 9.88. The molecule has 2 atom stereocenters. The average Bonchev–Trinajstić information content (AvgIpc) is 3.39. The number of benzene rings is 1. The van der Waals surface area contributed by atoms with Crippen LogP contribution >= 0.6 is 24.0 Å². The normalized spacial score (nSPS) is 20.7. The van der Waals surface area contributed by atoms with Crippen molar-refractivity contribution in [2.45, 2.75) is 37.6 Å². The number of aliphatic imine (C=N–C) groups is 1. The van der Waals surface area contributed by atoms with Gasteiger partial charge in [0.25, 0.3) is 0 Å². The van der Waals surface area contributed by atoms with Crippen LogP contribution in [0.4, 0.5) is 0 Å². The molecule has 1 aromatic heterocycles. The molecule has 1 aliphatic heterocycles. The van der Waals surface area contributed by atoms with Gasteiger partial charge in [-0.05, 0) is 42.4 Å². The van der Waals surface area contributed by atoms with Crippen LogP contribution in [0.2, 0.25) is 0 Å². The van der Waals surface area contributed by atoms with Gasteiger partial charge in [-0.1, -0.05) is 24.3 Å². The van der Waals surface area contributed by atoms with Crippen molar-refractivity contribution in [3.63, 3.8) is 0 Å². The van der Waals surface area contributed by atoms with E-state index >= 15 is 0 Å². The number of halogens is 1. The molecule has 2 heterocycles. The Bertz CT molecular complexity index is 924. The molecule has 8 heteroatoms. The van der Waals surface area contributed by atoms with Crippen molar-refractivity contribution in [1.29, 1.82) is 0 Å². The zero-order valence-corrected chi connectivity index (χ0v) is 21.0. The molecular formula is C23H33IN6O. The molecule has 1 aliphatic carbocycles. The van der Waals surface area contributed by atoms with Gasteiger partial charge in [0.1, 0.15) is 6.54 Å². The molecule has 1 amide bonds. The molecule has 4 rings (SSSR count). The monoisotopic (exact) mass is 536 g/mol. The number of aromatic nitrogens is 2. The summed E-state index contributed by atoms with van der Waals surface area (Å²) >= 11 is 0. The third-order valence-electron chi connectivity index (χ3n) is 6.23. The highest BCUT2D eigenvalue weighted by atomic mass is 127. The Kier molecular flexibility index (Phi) is 7.96. The van der Waals surface area contributed by atoms with Crippen molar-refractivity contribution >= 4 is 35.8 Å². The Hall–Kier alpha value is -2.10. The Balaban J connectivity index is 0.00000272. The maximum atomic E-state index is 12.2. The number of guanidine groups is 1. The van der Waals surface area contributed by atoms with Gasteiger partial charge in [-0.3, -0.25) is 9.48 Å². The average molecular weight is 536 g/mol. The molecule has 31 heavy (non-hydrogen) atoms. The van der Waals surface area contributed by atoms with E-state index in [4.69, 9.17) is 4.99 Å². The second kappa shape index (κ2) is 10.5. The van der Waals surface area contributed by atoms with E-state index in [0.29, 0.717) is 12.0 Å². The van der Waals surface area contributed by atoms with Gasteiger partial charge >= 0.3 is 0 Å². The van der Waals surface area contributed by atoms with Crippen LogP contribution in [0.5, 0.6) is 0 Å². The molecule has 0 radical (unpaired) electrons. The lowest BCUT2D eigenvalue weighted by Crippen LogP contribution is -2.47. The first kappa shape index (κ1) is 23.6. The number of aryl methyl sites for hydroxylation is 2. The molecule has 1 fully saturated rings. The topological polar surface area (TPSA) is 65.8 Å². The highest BCUT2D eigenvalue weighted by Crippen LogP contribution is 2.27. The lowest BCUT2D eigenvalue weighted by Gasteiger charge is -2.30. The molecule has 1 saturated heterocycles. The number of nitrogens with zero attached hydrogens (tertiary/aromatic N) is 5. The largest absolute Gasteiger partial charge is 0.353 e. The Morgan fingerprint density at radius 1 is 1.26 bits per heavy atom. The molecular weight excluding hydrogens is 503 g/mol. The van der Waals surface area contributed by atoms with E-state index in [1.54, 1.807) is 19.0 Å². The maximum Gasteiger partial charge on any atom is 0.243 e. The van der Waals surface area contributed by atoms with Crippen molar-refractivity contribution in [2.24, 2.45) is 12.0 Å². The molecule has 2 unspecified atom stereocenters. The van der Waals surface area contributed by atoms with E-state index in [2.05, 4.69) is 45.8 Å². The molecule has 1 aromatic carbocycles. The molecule has 2 aromatic rings. The zero-order chi connectivity index (χ0) is 21.1. The summed E-state index contributed by atoms with van der Waals surface area (Å²) in [6.45, 7) is 2.01. The summed E-state index contributed by atoms with van der Waals surface area (Å²) in [6, 6.07) is 9.03. The third-order valence-corrected chi connectivity index (χ3v) is 6.23. The molecule has 7 nitrogen and oxygen atoms in total. The summed E-state index contributed by atoms with van der Waals surface area (Å²) < 4.78 is 1.86. The predicted octanol–water partition coefficient (Wildman–Crippen LogP) is 2.42. The van der Waals surface area contributed by atoms with Crippen molar-refractivity contribution in [3.8, 4) is 0 Å². The number of likely N-dealkylation sites (tertiary alicyclic amines) is 1. The van der Waals surface area contributed by atoms with Gasteiger partial charge in [-0.25, -0.2) is 4.99 Å². The first-order valence-electron chi connectivity index (χ1n) is 10.8. The number of rotatable bonds is 4. The van der Waals surface area contributed by atoms with Gasteiger partial charge < -0.3 is 15.1 Å². The fourth-order valence-electron chi connectivity index (χ4n) is 4.40. The van der Waals surface area contributed by atoms with E-state index in [1.165, 1.54) is 16.7 Å². The highest BCUT2D eigenvalue weighted by Gasteiger charge is 2.29. The van der Waals surface area contributed by atoms with Gasteiger partial charge in [0.05, 0.1) is 6.20 Å². The first-order chi connectivity index (χ1) is 14.5. The molecule has 0 bridgehead atoms. The number of likely N-dealkylation sites (N-methyl/N-ethyl adjacent to an activating group) is 1. The molecule has 0 spiro atoms. The Morgan fingerprint density at radius 3 is 2.74 bits per heavy atom. The Morgan fingerprint density at radius 2 is 2.03 bits per heavy atom. The van der Waals surface area contributed by atoms with Gasteiger partial charge in [0, 0.05) is 52.4 Å². The summed E-state index contributed by atoms with van der Waals surface area (Å²) in [7, 11) is 5.51. The minimum Gasteiger partial charge on any atom is -0.353 e. The predicted molar refractivity (Wildman–Crippen MR) is 134 cm³/mol. The van der Waals surface area contributed by atoms with Crippen LogP contribution in [0.1, 0.15) is 35.4 Å². The van der Waals surface area contributed by atoms with Crippen LogP contribution < -0.4 is 5.32 Å². The first-order valence-corrected chi connectivity index (χ1v) is 10.8. The maximum absolute atomic E-state index is 12.2. The van der Waals surface area contributed by atoms with Crippen LogP contribution in [0.15, 0.2) is 41.7 Å². The van der Waals surface area contributed by atoms with Crippen molar-refractivity contribution in [3.05, 3.63) is 53.3 Å². The summed E-state index contributed by atoms with van der Waals surface area (Å²) in [5.41, 5.74) is 4.14. The third kappa shape index (κ3) is 5.78. The zero-order valence-electron chi connectivity index (χ0n) is 18.6. The van der Waals surface area contributed by atoms with Crippen molar-refractivity contribution < 1.29 is 4.79 Å². The van der Waals surface area contributed by atoms with Crippen LogP contribution in [-0.2, 0) is 24.7 Å². The van der Waals surface area contributed by atoms with E-state index in [1.807, 2.05) is 17.9 Å². The van der Waals surface area contributed by atoms with Gasteiger partial charge in [-0.15, -0.1) is 24.0 Å². The highest BCUT2D eigenvalue weighted by molar-refractivity contribution is 14.0. The molecule has 168 valence electrons. The second-order valence-corrected chi connectivity index (χ2v) is 8.66. The van der Waals surface area contributed by atoms with Gasteiger partial charge in [0.15, 0.2) is 5.96 Å². The summed E-state index contributed by atoms with van der Waals surface area (Å²) in [4.78, 5) is 20.8. The minimum atomic E-state index is 0. The van der Waals surface area contributed by atoms with E-state index in [0.717, 1.165) is 44.7 Å². The SMILES string of the molecule is CN(C)C(=O)CN=C(NC1CCc2ccccc2C1)N1CCC(c2cnn(C)c2)C1.I. The molecule has 2 aliphatic rings. The second-order valence-electron chi connectivity index (χ2n) is 8.66. The summed E-state index contributed by atoms with van der Waals surface area (Å²) in [6.07, 6.45) is 8.30. The lowest BCUT2D eigenvalue weighted by molar-refractivity contribution is -0.127. The van der Waals surface area contributed by atoms with Crippen LogP contribution in [0.3, 0.4) is 0 Å². The number of fused-ring (bicyclic) bond motifs is 1. The fourth-order valence-corrected chi connectivity index (χ4v) is 4.40. The van der Waals surface area contributed by atoms with Crippen molar-refractivity contribution in [2.75, 3.05) is 33.7 Å². The van der Waals surface area contributed by atoms with Crippen LogP contribution in [-0.4, -0.2) is 71.2 Å². The van der Waals surface area contributed by atoms with Gasteiger partial charge in [-0.2, -0.15) is 5.10 Å². The number of carbonyl (C=O) groups excluding carboxylic acids is 1. The summed E-state index contributed by atoms with van der Waals surface area (Å²) in [5, 5.41) is 8.02. The standard InChI is InChI=1S/C23H32N6O.HI/c1-27(2)22(30)14-24-23(26-21-9-8-17-6-4-5-7-18(17)12-21)29-11-10-19(16-29)20-13-25-28(3)15-20;/h4-7,13,15,19,21H,8-12,14,16H2,1-3H3,(H,24,26);1H. The smallest absolute Gasteiger partial charge is 0.243 e. The van der Waals surface area contributed by atoms with E-state index < -0.39 is 0 Å². The van der Waals surface area contributed by atoms with E-state index in [9.17, 15) is 4.79 Å². The molecule has 1 N–H and O–H groups in total. The Labute approximate surface area is 201 Å².